The molecule has 2 saturated heterocycles. The van der Waals surface area contributed by atoms with E-state index in [-0.39, 0.29) is 47.4 Å². The molecule has 1 unspecified atom stereocenters. The number of aliphatic imine (C=N–C) groups is 1. The molecule has 0 spiro atoms. The minimum atomic E-state index is -2.94. The van der Waals surface area contributed by atoms with E-state index >= 15 is 0 Å². The highest BCUT2D eigenvalue weighted by atomic mass is 127. The highest BCUT2D eigenvalue weighted by Gasteiger charge is 2.28. The average molecular weight is 549 g/mol. The normalized spacial score (nSPS) is 21.1. The van der Waals surface area contributed by atoms with Crippen LogP contribution in [0.5, 0.6) is 0 Å². The number of carbonyl (C=O) groups excluding carboxylic acids is 1. The van der Waals surface area contributed by atoms with Crippen LogP contribution in [0.2, 0.25) is 0 Å². The fourth-order valence-electron chi connectivity index (χ4n) is 3.70. The second-order valence-corrected chi connectivity index (χ2v) is 9.69. The van der Waals surface area contributed by atoms with Gasteiger partial charge in [-0.2, -0.15) is 0 Å². The minimum Gasteiger partial charge on any atom is -0.368 e. The molecular formula is C20H32IN5O3S. The first kappa shape index (κ1) is 24.7. The zero-order chi connectivity index (χ0) is 20.7. The first-order chi connectivity index (χ1) is 14.0. The molecule has 0 aliphatic carbocycles. The molecule has 3 rings (SSSR count). The van der Waals surface area contributed by atoms with Crippen molar-refractivity contribution >= 4 is 51.4 Å². The zero-order valence-corrected chi connectivity index (χ0v) is 20.6. The van der Waals surface area contributed by atoms with E-state index in [4.69, 9.17) is 0 Å². The number of amides is 1. The van der Waals surface area contributed by atoms with E-state index in [2.05, 4.69) is 32.7 Å². The third-order valence-electron chi connectivity index (χ3n) is 5.27. The Morgan fingerprint density at radius 1 is 1.17 bits per heavy atom. The number of nitrogens with one attached hydrogen (secondary N) is 2. The Kier molecular flexibility index (Phi) is 9.66. The molecule has 2 aliphatic heterocycles. The second-order valence-electron chi connectivity index (χ2n) is 7.46. The SMILES string of the molecule is CCNC(=NCCC(=O)N1CCN(c2ccccc2)CC1)NC1CCS(=O)(=O)C1.I. The van der Waals surface area contributed by atoms with Crippen LogP contribution in [0.4, 0.5) is 5.69 Å². The van der Waals surface area contributed by atoms with Crippen molar-refractivity contribution in [1.82, 2.24) is 15.5 Å². The number of para-hydroxylation sites is 1. The van der Waals surface area contributed by atoms with E-state index in [0.29, 0.717) is 31.9 Å². The summed E-state index contributed by atoms with van der Waals surface area (Å²) in [6.45, 7) is 6.12. The van der Waals surface area contributed by atoms with Gasteiger partial charge in [0, 0.05) is 50.9 Å². The van der Waals surface area contributed by atoms with Crippen LogP contribution in [0.1, 0.15) is 19.8 Å². The van der Waals surface area contributed by atoms with E-state index in [1.54, 1.807) is 0 Å². The molecule has 0 aromatic heterocycles. The largest absolute Gasteiger partial charge is 0.368 e. The quantitative estimate of drug-likeness (QED) is 0.314. The van der Waals surface area contributed by atoms with Gasteiger partial charge in [0.25, 0.3) is 0 Å². The number of halogens is 1. The van der Waals surface area contributed by atoms with Crippen molar-refractivity contribution < 1.29 is 13.2 Å². The van der Waals surface area contributed by atoms with Gasteiger partial charge in [0.15, 0.2) is 15.8 Å². The Balaban J connectivity index is 0.00000320. The van der Waals surface area contributed by atoms with Gasteiger partial charge < -0.3 is 20.4 Å². The molecule has 1 aromatic rings. The van der Waals surface area contributed by atoms with Crippen molar-refractivity contribution in [1.29, 1.82) is 0 Å². The van der Waals surface area contributed by atoms with Crippen LogP contribution >= 0.6 is 24.0 Å². The molecule has 0 saturated carbocycles. The summed E-state index contributed by atoms with van der Waals surface area (Å²) in [5, 5.41) is 6.30. The molecule has 168 valence electrons. The standard InChI is InChI=1S/C20H31N5O3S.HI/c1-2-21-20(23-17-9-15-29(27,28)16-17)22-10-8-19(26)25-13-11-24(12-14-25)18-6-4-3-5-7-18;/h3-7,17H,2,8-16H2,1H3,(H2,21,22,23);1H. The topological polar surface area (TPSA) is 94.1 Å². The summed E-state index contributed by atoms with van der Waals surface area (Å²) in [7, 11) is -2.94. The summed E-state index contributed by atoms with van der Waals surface area (Å²) in [5.74, 6) is 1.05. The average Bonchev–Trinajstić information content (AvgIpc) is 3.07. The fourth-order valence-corrected chi connectivity index (χ4v) is 5.37. The Bertz CT molecular complexity index is 811. The number of hydrogen-bond acceptors (Lipinski definition) is 5. The molecule has 1 atom stereocenters. The molecule has 2 aliphatic rings. The first-order valence-electron chi connectivity index (χ1n) is 10.3. The van der Waals surface area contributed by atoms with E-state index in [0.717, 1.165) is 26.2 Å². The van der Waals surface area contributed by atoms with E-state index in [9.17, 15) is 13.2 Å². The number of sulfone groups is 1. The fraction of sp³-hybridized carbons (Fsp3) is 0.600. The molecule has 2 fully saturated rings. The van der Waals surface area contributed by atoms with Crippen LogP contribution in [-0.2, 0) is 14.6 Å². The number of hydrogen-bond donors (Lipinski definition) is 2. The van der Waals surface area contributed by atoms with Crippen LogP contribution < -0.4 is 15.5 Å². The molecule has 10 heteroatoms. The van der Waals surface area contributed by atoms with Crippen molar-refractivity contribution in [3.05, 3.63) is 30.3 Å². The predicted molar refractivity (Wildman–Crippen MR) is 131 cm³/mol. The number of benzene rings is 1. The Labute approximate surface area is 196 Å². The first-order valence-corrected chi connectivity index (χ1v) is 12.1. The van der Waals surface area contributed by atoms with E-state index in [1.165, 1.54) is 5.69 Å². The monoisotopic (exact) mass is 549 g/mol. The smallest absolute Gasteiger partial charge is 0.224 e. The number of nitrogens with zero attached hydrogens (tertiary/aromatic N) is 3. The Morgan fingerprint density at radius 3 is 2.47 bits per heavy atom. The maximum absolute atomic E-state index is 12.5. The number of rotatable bonds is 6. The third kappa shape index (κ3) is 7.29. The number of guanidine groups is 1. The van der Waals surface area contributed by atoms with Gasteiger partial charge in [0.1, 0.15) is 0 Å². The van der Waals surface area contributed by atoms with Gasteiger partial charge in [-0.15, -0.1) is 24.0 Å². The summed E-state index contributed by atoms with van der Waals surface area (Å²) < 4.78 is 23.2. The highest BCUT2D eigenvalue weighted by molar-refractivity contribution is 14.0. The lowest BCUT2D eigenvalue weighted by molar-refractivity contribution is -0.131. The van der Waals surface area contributed by atoms with Crippen LogP contribution in [0.3, 0.4) is 0 Å². The van der Waals surface area contributed by atoms with Crippen LogP contribution in [0.25, 0.3) is 0 Å². The summed E-state index contributed by atoms with van der Waals surface area (Å²) in [4.78, 5) is 21.2. The molecule has 2 heterocycles. The summed E-state index contributed by atoms with van der Waals surface area (Å²) in [6.07, 6.45) is 0.947. The number of piperazine rings is 1. The van der Waals surface area contributed by atoms with Crippen molar-refractivity contribution in [3.63, 3.8) is 0 Å². The molecule has 1 aromatic carbocycles. The lowest BCUT2D eigenvalue weighted by Gasteiger charge is -2.36. The molecule has 30 heavy (non-hydrogen) atoms. The van der Waals surface area contributed by atoms with Gasteiger partial charge in [-0.1, -0.05) is 18.2 Å². The Hall–Kier alpha value is -1.56. The van der Waals surface area contributed by atoms with Gasteiger partial charge in [-0.3, -0.25) is 9.79 Å². The summed E-state index contributed by atoms with van der Waals surface area (Å²) in [5.41, 5.74) is 1.19. The molecule has 0 radical (unpaired) electrons. The summed E-state index contributed by atoms with van der Waals surface area (Å²) in [6, 6.07) is 10.1. The van der Waals surface area contributed by atoms with Crippen molar-refractivity contribution in [2.45, 2.75) is 25.8 Å². The van der Waals surface area contributed by atoms with Crippen molar-refractivity contribution in [2.24, 2.45) is 4.99 Å². The van der Waals surface area contributed by atoms with Gasteiger partial charge in [-0.05, 0) is 25.5 Å². The van der Waals surface area contributed by atoms with Gasteiger partial charge in [0.2, 0.25) is 5.91 Å². The predicted octanol–water partition coefficient (Wildman–Crippen LogP) is 1.09. The zero-order valence-electron chi connectivity index (χ0n) is 17.4. The summed E-state index contributed by atoms with van der Waals surface area (Å²) >= 11 is 0. The second kappa shape index (κ2) is 11.7. The minimum absolute atomic E-state index is 0. The van der Waals surface area contributed by atoms with Gasteiger partial charge in [-0.25, -0.2) is 8.42 Å². The van der Waals surface area contributed by atoms with E-state index in [1.807, 2.05) is 30.0 Å². The molecular weight excluding hydrogens is 517 g/mol. The molecule has 8 nitrogen and oxygen atoms in total. The maximum Gasteiger partial charge on any atom is 0.224 e. The number of anilines is 1. The highest BCUT2D eigenvalue weighted by Crippen LogP contribution is 2.16. The van der Waals surface area contributed by atoms with Crippen LogP contribution in [0.15, 0.2) is 35.3 Å². The van der Waals surface area contributed by atoms with Gasteiger partial charge in [0.05, 0.1) is 18.1 Å². The van der Waals surface area contributed by atoms with Crippen molar-refractivity contribution in [2.75, 3.05) is 55.7 Å². The lowest BCUT2D eigenvalue weighted by Crippen LogP contribution is -2.49. The van der Waals surface area contributed by atoms with E-state index < -0.39 is 9.84 Å². The maximum atomic E-state index is 12.5. The molecule has 1 amide bonds. The molecule has 2 N–H and O–H groups in total. The number of carbonyl (C=O) groups is 1. The van der Waals surface area contributed by atoms with Gasteiger partial charge >= 0.3 is 0 Å². The molecule has 0 bridgehead atoms. The third-order valence-corrected chi connectivity index (χ3v) is 7.03. The lowest BCUT2D eigenvalue weighted by atomic mass is 10.2. The van der Waals surface area contributed by atoms with Crippen molar-refractivity contribution in [3.8, 4) is 0 Å². The Morgan fingerprint density at radius 2 is 1.87 bits per heavy atom. The van der Waals surface area contributed by atoms with Crippen LogP contribution in [-0.4, -0.2) is 82.0 Å². The van der Waals surface area contributed by atoms with Crippen LogP contribution in [0, 0.1) is 0 Å².